The lowest BCUT2D eigenvalue weighted by molar-refractivity contribution is -0.119. The molecular formula is C24H23NO3. The van der Waals surface area contributed by atoms with E-state index < -0.39 is 5.97 Å². The van der Waals surface area contributed by atoms with Crippen LogP contribution in [0.5, 0.6) is 0 Å². The molecule has 0 bridgehead atoms. The first-order valence-electron chi connectivity index (χ1n) is 9.19. The van der Waals surface area contributed by atoms with Crippen molar-refractivity contribution >= 4 is 17.6 Å². The van der Waals surface area contributed by atoms with Crippen molar-refractivity contribution in [2.45, 2.75) is 20.3 Å². The third-order valence-corrected chi connectivity index (χ3v) is 4.69. The monoisotopic (exact) mass is 373 g/mol. The van der Waals surface area contributed by atoms with Crippen molar-refractivity contribution in [3.8, 4) is 0 Å². The zero-order chi connectivity index (χ0) is 19.9. The van der Waals surface area contributed by atoms with E-state index in [0.717, 1.165) is 27.9 Å². The molecule has 0 aliphatic heterocycles. The van der Waals surface area contributed by atoms with Gasteiger partial charge in [0.2, 0.25) is 0 Å². The zero-order valence-electron chi connectivity index (χ0n) is 16.1. The number of esters is 1. The summed E-state index contributed by atoms with van der Waals surface area (Å²) in [5.74, 6) is -0.856. The van der Waals surface area contributed by atoms with Gasteiger partial charge in [-0.3, -0.25) is 4.79 Å². The summed E-state index contributed by atoms with van der Waals surface area (Å²) < 4.78 is 5.26. The number of carbonyl (C=O) groups excluding carboxylic acids is 2. The van der Waals surface area contributed by atoms with Gasteiger partial charge in [0.05, 0.1) is 5.56 Å². The Bertz CT molecular complexity index is 980. The molecule has 3 rings (SSSR count). The van der Waals surface area contributed by atoms with Crippen LogP contribution in [-0.2, 0) is 16.0 Å². The molecule has 1 N–H and O–H groups in total. The van der Waals surface area contributed by atoms with E-state index in [4.69, 9.17) is 4.74 Å². The number of aryl methyl sites for hydroxylation is 1. The van der Waals surface area contributed by atoms with Crippen LogP contribution in [0.3, 0.4) is 0 Å². The van der Waals surface area contributed by atoms with Crippen LogP contribution in [0, 0.1) is 13.8 Å². The van der Waals surface area contributed by atoms with Crippen LogP contribution < -0.4 is 5.32 Å². The molecular weight excluding hydrogens is 350 g/mol. The van der Waals surface area contributed by atoms with Gasteiger partial charge in [-0.25, -0.2) is 4.79 Å². The molecule has 1 amide bonds. The van der Waals surface area contributed by atoms with E-state index in [1.807, 2.05) is 74.5 Å². The van der Waals surface area contributed by atoms with Crippen molar-refractivity contribution in [2.75, 3.05) is 11.9 Å². The molecule has 142 valence electrons. The maximum Gasteiger partial charge on any atom is 0.338 e. The van der Waals surface area contributed by atoms with Crippen LogP contribution in [0.25, 0.3) is 0 Å². The molecule has 0 fully saturated rings. The largest absolute Gasteiger partial charge is 0.452 e. The van der Waals surface area contributed by atoms with E-state index in [9.17, 15) is 9.59 Å². The molecule has 3 aromatic carbocycles. The highest BCUT2D eigenvalue weighted by Crippen LogP contribution is 2.18. The maximum atomic E-state index is 12.5. The van der Waals surface area contributed by atoms with Crippen molar-refractivity contribution in [3.63, 3.8) is 0 Å². The molecule has 0 atom stereocenters. The molecule has 0 heterocycles. The Labute approximate surface area is 165 Å². The summed E-state index contributed by atoms with van der Waals surface area (Å²) in [6.07, 6.45) is 0.626. The Morgan fingerprint density at radius 3 is 2.36 bits per heavy atom. The normalized spacial score (nSPS) is 10.4. The molecule has 0 unspecified atom stereocenters. The van der Waals surface area contributed by atoms with Gasteiger partial charge in [-0.15, -0.1) is 0 Å². The standard InChI is InChI=1S/C24H23NO3/c1-17-9-8-14-22(18(17)2)25-23(26)16-28-24(27)21-13-7-6-12-20(21)15-19-10-4-3-5-11-19/h3-14H,15-16H2,1-2H3,(H,25,26). The van der Waals surface area contributed by atoms with Gasteiger partial charge < -0.3 is 10.1 Å². The van der Waals surface area contributed by atoms with Crippen LogP contribution in [0.1, 0.15) is 32.6 Å². The smallest absolute Gasteiger partial charge is 0.338 e. The minimum absolute atomic E-state index is 0.327. The second-order valence-electron chi connectivity index (χ2n) is 6.69. The molecule has 0 saturated heterocycles. The predicted octanol–water partition coefficient (Wildman–Crippen LogP) is 4.69. The number of rotatable bonds is 6. The van der Waals surface area contributed by atoms with E-state index >= 15 is 0 Å². The Balaban J connectivity index is 1.63. The van der Waals surface area contributed by atoms with Gasteiger partial charge in [0.25, 0.3) is 5.91 Å². The summed E-state index contributed by atoms with van der Waals surface area (Å²) >= 11 is 0. The molecule has 28 heavy (non-hydrogen) atoms. The second kappa shape index (κ2) is 9.00. The maximum absolute atomic E-state index is 12.5. The quantitative estimate of drug-likeness (QED) is 0.638. The molecule has 3 aromatic rings. The molecule has 0 aromatic heterocycles. The third kappa shape index (κ3) is 4.86. The lowest BCUT2D eigenvalue weighted by Crippen LogP contribution is -2.22. The third-order valence-electron chi connectivity index (χ3n) is 4.69. The van der Waals surface area contributed by atoms with Gasteiger partial charge in [0, 0.05) is 5.69 Å². The fourth-order valence-electron chi connectivity index (χ4n) is 2.97. The fourth-order valence-corrected chi connectivity index (χ4v) is 2.97. The molecule has 4 nitrogen and oxygen atoms in total. The number of carbonyl (C=O) groups is 2. The average Bonchev–Trinajstić information content (AvgIpc) is 2.71. The molecule has 0 radical (unpaired) electrons. The molecule has 0 aliphatic carbocycles. The van der Waals surface area contributed by atoms with Gasteiger partial charge in [-0.05, 0) is 54.7 Å². The van der Waals surface area contributed by atoms with Gasteiger partial charge in [0.1, 0.15) is 0 Å². The highest BCUT2D eigenvalue weighted by molar-refractivity contribution is 5.96. The topological polar surface area (TPSA) is 55.4 Å². The highest BCUT2D eigenvalue weighted by Gasteiger charge is 2.15. The van der Waals surface area contributed by atoms with Gasteiger partial charge >= 0.3 is 5.97 Å². The Kier molecular flexibility index (Phi) is 6.22. The first-order chi connectivity index (χ1) is 13.5. The van der Waals surface area contributed by atoms with Crippen LogP contribution >= 0.6 is 0 Å². The fraction of sp³-hybridized carbons (Fsp3) is 0.167. The Hall–Kier alpha value is -3.40. The van der Waals surface area contributed by atoms with E-state index in [0.29, 0.717) is 12.0 Å². The van der Waals surface area contributed by atoms with Gasteiger partial charge in [-0.2, -0.15) is 0 Å². The minimum Gasteiger partial charge on any atom is -0.452 e. The van der Waals surface area contributed by atoms with Crippen molar-refractivity contribution in [3.05, 3.63) is 101 Å². The predicted molar refractivity (Wildman–Crippen MR) is 111 cm³/mol. The van der Waals surface area contributed by atoms with E-state index in [-0.39, 0.29) is 12.5 Å². The first-order valence-corrected chi connectivity index (χ1v) is 9.19. The van der Waals surface area contributed by atoms with Crippen molar-refractivity contribution in [1.29, 1.82) is 0 Å². The summed E-state index contributed by atoms with van der Waals surface area (Å²) in [6, 6.07) is 22.9. The van der Waals surface area contributed by atoms with Gasteiger partial charge in [0.15, 0.2) is 6.61 Å². The molecule has 0 aliphatic rings. The summed E-state index contributed by atoms with van der Waals surface area (Å²) in [5, 5.41) is 2.80. The number of ether oxygens (including phenoxy) is 1. The lowest BCUT2D eigenvalue weighted by Gasteiger charge is -2.12. The van der Waals surface area contributed by atoms with Crippen LogP contribution in [0.2, 0.25) is 0 Å². The first kappa shape index (κ1) is 19.4. The summed E-state index contributed by atoms with van der Waals surface area (Å²) in [4.78, 5) is 24.7. The number of benzene rings is 3. The summed E-state index contributed by atoms with van der Waals surface area (Å²) in [5.41, 5.74) is 5.26. The molecule has 0 spiro atoms. The number of anilines is 1. The van der Waals surface area contributed by atoms with E-state index in [1.54, 1.807) is 12.1 Å². The SMILES string of the molecule is Cc1cccc(NC(=O)COC(=O)c2ccccc2Cc2ccccc2)c1C. The summed E-state index contributed by atoms with van der Waals surface area (Å²) in [6.45, 7) is 3.59. The number of hydrogen-bond acceptors (Lipinski definition) is 3. The van der Waals surface area contributed by atoms with Gasteiger partial charge in [-0.1, -0.05) is 60.7 Å². The summed E-state index contributed by atoms with van der Waals surface area (Å²) in [7, 11) is 0. The Morgan fingerprint density at radius 1 is 0.857 bits per heavy atom. The van der Waals surface area contributed by atoms with Crippen LogP contribution in [0.15, 0.2) is 72.8 Å². The van der Waals surface area contributed by atoms with Crippen LogP contribution in [0.4, 0.5) is 5.69 Å². The van der Waals surface area contributed by atoms with Crippen molar-refractivity contribution < 1.29 is 14.3 Å². The molecule has 0 saturated carbocycles. The second-order valence-corrected chi connectivity index (χ2v) is 6.69. The van der Waals surface area contributed by atoms with Crippen LogP contribution in [-0.4, -0.2) is 18.5 Å². The zero-order valence-corrected chi connectivity index (χ0v) is 16.1. The lowest BCUT2D eigenvalue weighted by atomic mass is 10.00. The number of hydrogen-bond donors (Lipinski definition) is 1. The van der Waals surface area contributed by atoms with E-state index in [1.165, 1.54) is 0 Å². The van der Waals surface area contributed by atoms with Crippen molar-refractivity contribution in [1.82, 2.24) is 0 Å². The Morgan fingerprint density at radius 2 is 1.57 bits per heavy atom. The van der Waals surface area contributed by atoms with E-state index in [2.05, 4.69) is 5.32 Å². The van der Waals surface area contributed by atoms with Crippen molar-refractivity contribution in [2.24, 2.45) is 0 Å². The number of amides is 1. The number of nitrogens with one attached hydrogen (secondary N) is 1. The molecule has 4 heteroatoms. The minimum atomic E-state index is -0.498. The highest BCUT2D eigenvalue weighted by atomic mass is 16.5. The average molecular weight is 373 g/mol.